The normalized spacial score (nSPS) is 33.5. The molecular weight excluding hydrogens is 264 g/mol. The molecule has 0 amide bonds. The first-order chi connectivity index (χ1) is 9.79. The van der Waals surface area contributed by atoms with Gasteiger partial charge in [0.15, 0.2) is 5.78 Å². The Balaban J connectivity index is 2.32. The van der Waals surface area contributed by atoms with Crippen molar-refractivity contribution >= 4 is 11.8 Å². The number of rotatable bonds is 5. The van der Waals surface area contributed by atoms with E-state index < -0.39 is 0 Å². The van der Waals surface area contributed by atoms with Crippen molar-refractivity contribution in [1.82, 2.24) is 0 Å². The second-order valence-corrected chi connectivity index (χ2v) is 7.24. The molecule has 118 valence electrons. The highest BCUT2D eigenvalue weighted by Gasteiger charge is 2.63. The molecular formula is C18H28O3. The van der Waals surface area contributed by atoms with E-state index >= 15 is 0 Å². The predicted molar refractivity (Wildman–Crippen MR) is 82.7 cm³/mol. The third kappa shape index (κ3) is 2.35. The van der Waals surface area contributed by atoms with E-state index in [1.807, 2.05) is 13.0 Å². The Morgan fingerprint density at radius 1 is 1.38 bits per heavy atom. The smallest absolute Gasteiger partial charge is 0.312 e. The van der Waals surface area contributed by atoms with Crippen LogP contribution in [-0.2, 0) is 14.3 Å². The number of ketones is 1. The van der Waals surface area contributed by atoms with Gasteiger partial charge in [-0.3, -0.25) is 9.59 Å². The molecule has 0 saturated heterocycles. The standard InChI is InChI=1S/C18H28O3/c1-6-8-12(16(20)21-7-2)11-13-14-9-10-18(5,15(13)19)17(14,3)4/h11-12,14H,6-10H2,1-5H3/b13-11+/t12-,14+,18+/m0/s1. The molecule has 2 saturated carbocycles. The average molecular weight is 292 g/mol. The van der Waals surface area contributed by atoms with Crippen LogP contribution in [0.25, 0.3) is 0 Å². The highest BCUT2D eigenvalue weighted by atomic mass is 16.5. The lowest BCUT2D eigenvalue weighted by molar-refractivity contribution is -0.146. The minimum atomic E-state index is -0.271. The van der Waals surface area contributed by atoms with E-state index in [2.05, 4.69) is 27.7 Å². The average Bonchev–Trinajstić information content (AvgIpc) is 2.72. The lowest BCUT2D eigenvalue weighted by Gasteiger charge is -2.31. The molecule has 0 aromatic heterocycles. The molecule has 0 spiro atoms. The summed E-state index contributed by atoms with van der Waals surface area (Å²) in [4.78, 5) is 24.9. The monoisotopic (exact) mass is 292 g/mol. The van der Waals surface area contributed by atoms with Crippen LogP contribution in [0.3, 0.4) is 0 Å². The molecule has 0 N–H and O–H groups in total. The van der Waals surface area contributed by atoms with Gasteiger partial charge in [0.25, 0.3) is 0 Å². The zero-order valence-corrected chi connectivity index (χ0v) is 14.0. The van der Waals surface area contributed by atoms with Gasteiger partial charge in [-0.2, -0.15) is 0 Å². The van der Waals surface area contributed by atoms with Crippen molar-refractivity contribution in [2.24, 2.45) is 22.7 Å². The second kappa shape index (κ2) is 5.58. The Bertz CT molecular complexity index is 475. The summed E-state index contributed by atoms with van der Waals surface area (Å²) in [6.07, 6.45) is 5.62. The summed E-state index contributed by atoms with van der Waals surface area (Å²) in [5.74, 6) is 0.0935. The van der Waals surface area contributed by atoms with Crippen molar-refractivity contribution in [3.8, 4) is 0 Å². The van der Waals surface area contributed by atoms with Gasteiger partial charge in [-0.15, -0.1) is 0 Å². The first-order valence-corrected chi connectivity index (χ1v) is 8.22. The maximum Gasteiger partial charge on any atom is 0.312 e. The van der Waals surface area contributed by atoms with E-state index in [4.69, 9.17) is 4.74 Å². The number of ether oxygens (including phenoxy) is 1. The number of allylic oxidation sites excluding steroid dienone is 1. The van der Waals surface area contributed by atoms with E-state index in [0.717, 1.165) is 31.3 Å². The largest absolute Gasteiger partial charge is 0.466 e. The Morgan fingerprint density at radius 3 is 2.52 bits per heavy atom. The van der Waals surface area contributed by atoms with E-state index in [1.54, 1.807) is 0 Å². The fourth-order valence-electron chi connectivity index (χ4n) is 4.17. The summed E-state index contributed by atoms with van der Waals surface area (Å²) >= 11 is 0. The Morgan fingerprint density at radius 2 is 2.05 bits per heavy atom. The molecule has 2 aliphatic carbocycles. The van der Waals surface area contributed by atoms with Gasteiger partial charge >= 0.3 is 5.97 Å². The summed E-state index contributed by atoms with van der Waals surface area (Å²) in [6, 6.07) is 0. The van der Waals surface area contributed by atoms with Crippen LogP contribution in [0.15, 0.2) is 11.6 Å². The van der Waals surface area contributed by atoms with Gasteiger partial charge in [0.05, 0.1) is 12.5 Å². The van der Waals surface area contributed by atoms with Gasteiger partial charge in [-0.25, -0.2) is 0 Å². The van der Waals surface area contributed by atoms with Crippen LogP contribution < -0.4 is 0 Å². The maximum absolute atomic E-state index is 12.8. The third-order valence-electron chi connectivity index (χ3n) is 5.93. The number of Topliss-reactive ketones (excluding diaryl/α,β-unsaturated/α-hetero) is 1. The van der Waals surface area contributed by atoms with Gasteiger partial charge in [0.2, 0.25) is 0 Å². The molecule has 0 aliphatic heterocycles. The molecule has 2 bridgehead atoms. The summed E-state index contributed by atoms with van der Waals surface area (Å²) in [5.41, 5.74) is 0.635. The van der Waals surface area contributed by atoms with E-state index in [-0.39, 0.29) is 28.5 Å². The third-order valence-corrected chi connectivity index (χ3v) is 5.93. The molecule has 2 fully saturated rings. The molecule has 3 nitrogen and oxygen atoms in total. The first kappa shape index (κ1) is 16.3. The Labute approximate surface area is 128 Å². The summed E-state index contributed by atoms with van der Waals surface area (Å²) in [6.45, 7) is 10.8. The fraction of sp³-hybridized carbons (Fsp3) is 0.778. The van der Waals surface area contributed by atoms with Crippen LogP contribution in [0.2, 0.25) is 0 Å². The Hall–Kier alpha value is -1.12. The van der Waals surface area contributed by atoms with Gasteiger partial charge in [0, 0.05) is 5.41 Å². The molecule has 0 aromatic carbocycles. The van der Waals surface area contributed by atoms with Crippen LogP contribution in [0, 0.1) is 22.7 Å². The van der Waals surface area contributed by atoms with Gasteiger partial charge in [0.1, 0.15) is 0 Å². The van der Waals surface area contributed by atoms with Crippen LogP contribution in [0.4, 0.5) is 0 Å². The highest BCUT2D eigenvalue weighted by molar-refractivity contribution is 6.05. The summed E-state index contributed by atoms with van der Waals surface area (Å²) in [5, 5.41) is 0. The van der Waals surface area contributed by atoms with Crippen molar-refractivity contribution < 1.29 is 14.3 Å². The van der Waals surface area contributed by atoms with E-state index in [1.165, 1.54) is 0 Å². The zero-order chi connectivity index (χ0) is 15.8. The number of esters is 1. The van der Waals surface area contributed by atoms with Crippen LogP contribution >= 0.6 is 0 Å². The number of hydrogen-bond acceptors (Lipinski definition) is 3. The molecule has 2 rings (SSSR count). The fourth-order valence-corrected chi connectivity index (χ4v) is 4.17. The van der Waals surface area contributed by atoms with Crippen molar-refractivity contribution in [3.05, 3.63) is 11.6 Å². The quantitative estimate of drug-likeness (QED) is 0.570. The molecule has 21 heavy (non-hydrogen) atoms. The molecule has 0 aromatic rings. The van der Waals surface area contributed by atoms with Crippen LogP contribution in [0.5, 0.6) is 0 Å². The van der Waals surface area contributed by atoms with Gasteiger partial charge in [-0.05, 0) is 43.1 Å². The molecule has 0 heterocycles. The van der Waals surface area contributed by atoms with Crippen molar-refractivity contribution in [3.63, 3.8) is 0 Å². The Kier molecular flexibility index (Phi) is 4.32. The number of carbonyl (C=O) groups is 2. The maximum atomic E-state index is 12.8. The number of fused-ring (bicyclic) bond motifs is 2. The summed E-state index contributed by atoms with van der Waals surface area (Å²) in [7, 11) is 0. The molecule has 3 heteroatoms. The van der Waals surface area contributed by atoms with Crippen LogP contribution in [-0.4, -0.2) is 18.4 Å². The summed E-state index contributed by atoms with van der Waals surface area (Å²) < 4.78 is 5.16. The van der Waals surface area contributed by atoms with Gasteiger partial charge < -0.3 is 4.74 Å². The van der Waals surface area contributed by atoms with Gasteiger partial charge in [-0.1, -0.05) is 40.2 Å². The molecule has 2 aliphatic rings. The molecule has 0 unspecified atom stereocenters. The number of hydrogen-bond donors (Lipinski definition) is 0. The highest BCUT2D eigenvalue weighted by Crippen LogP contribution is 2.65. The van der Waals surface area contributed by atoms with E-state index in [9.17, 15) is 9.59 Å². The van der Waals surface area contributed by atoms with E-state index in [0.29, 0.717) is 12.5 Å². The minimum Gasteiger partial charge on any atom is -0.466 e. The zero-order valence-electron chi connectivity index (χ0n) is 14.0. The SMILES string of the molecule is CCC[C@@H](/C=C1/C(=O)[C@@]2(C)CC[C@H]1C2(C)C)C(=O)OCC. The van der Waals surface area contributed by atoms with Crippen molar-refractivity contribution in [2.45, 2.75) is 60.3 Å². The topological polar surface area (TPSA) is 43.4 Å². The number of carbonyl (C=O) groups excluding carboxylic acids is 2. The second-order valence-electron chi connectivity index (χ2n) is 7.24. The lowest BCUT2D eigenvalue weighted by atomic mass is 9.70. The molecule has 3 atom stereocenters. The van der Waals surface area contributed by atoms with Crippen molar-refractivity contribution in [1.29, 1.82) is 0 Å². The van der Waals surface area contributed by atoms with Crippen molar-refractivity contribution in [2.75, 3.05) is 6.61 Å². The predicted octanol–water partition coefficient (Wildman–Crippen LogP) is 3.92. The van der Waals surface area contributed by atoms with Crippen LogP contribution in [0.1, 0.15) is 60.3 Å². The first-order valence-electron chi connectivity index (χ1n) is 8.22. The lowest BCUT2D eigenvalue weighted by Crippen LogP contribution is -2.32. The minimum absolute atomic E-state index is 0.00133. The molecule has 0 radical (unpaired) electrons.